The number of nitrogens with two attached hydrogens (primary N) is 1. The number of fused-ring (bicyclic) bond motifs is 1. The number of amides is 1. The van der Waals surface area contributed by atoms with E-state index < -0.39 is 5.97 Å². The number of aliphatic carboxylic acids is 1. The van der Waals surface area contributed by atoms with Gasteiger partial charge in [0, 0.05) is 36.2 Å². The Hall–Kier alpha value is -3.82. The lowest BCUT2D eigenvalue weighted by Crippen LogP contribution is -2.33. The van der Waals surface area contributed by atoms with Gasteiger partial charge in [-0.3, -0.25) is 15.0 Å². The maximum absolute atomic E-state index is 13.3. The third kappa shape index (κ3) is 6.05. The first-order chi connectivity index (χ1) is 16.8. The van der Waals surface area contributed by atoms with Gasteiger partial charge in [0.2, 0.25) is 0 Å². The zero-order valence-electron chi connectivity index (χ0n) is 19.5. The fourth-order valence-corrected chi connectivity index (χ4v) is 4.63. The first kappa shape index (κ1) is 26.8. The predicted molar refractivity (Wildman–Crippen MR) is 145 cm³/mol. The molecule has 0 spiro atoms. The number of amidine groups is 1. The minimum Gasteiger partial charge on any atom is -0.481 e. The molecule has 0 atom stereocenters. The van der Waals surface area contributed by atoms with Crippen LogP contribution < -0.4 is 10.6 Å². The molecular formula is C26H26ClN5O3S. The first-order valence-electron chi connectivity index (χ1n) is 10.9. The number of aryl methyl sites for hydroxylation is 1. The normalized spacial score (nSPS) is 10.6. The van der Waals surface area contributed by atoms with Gasteiger partial charge in [0.15, 0.2) is 5.16 Å². The Labute approximate surface area is 219 Å². The van der Waals surface area contributed by atoms with Gasteiger partial charge in [0.1, 0.15) is 5.84 Å². The van der Waals surface area contributed by atoms with Crippen molar-refractivity contribution in [3.8, 4) is 0 Å². The Bertz CT molecular complexity index is 1390. The van der Waals surface area contributed by atoms with E-state index in [2.05, 4.69) is 0 Å². The zero-order valence-corrected chi connectivity index (χ0v) is 21.2. The number of para-hydroxylation sites is 1. The van der Waals surface area contributed by atoms with Crippen LogP contribution >= 0.6 is 24.2 Å². The van der Waals surface area contributed by atoms with Crippen LogP contribution in [0.2, 0.25) is 0 Å². The van der Waals surface area contributed by atoms with E-state index in [9.17, 15) is 9.59 Å². The summed E-state index contributed by atoms with van der Waals surface area (Å²) in [6, 6.07) is 22.0. The molecule has 4 N–H and O–H groups in total. The van der Waals surface area contributed by atoms with Gasteiger partial charge in [0.05, 0.1) is 17.5 Å². The number of carbonyl (C=O) groups is 2. The standard InChI is InChI=1S/C26H25N5O3S.ClH/c1-30-22-12-11-19(25(34)31(14-13-23(32)33)20-5-3-2-4-6-20)15-21(22)29-26(30)35-16-17-7-9-18(10-8-17)24(27)28;/h2-12,15H,13-14,16H2,1H3,(H3,27,28)(H,32,33);1H. The summed E-state index contributed by atoms with van der Waals surface area (Å²) in [7, 11) is 1.93. The van der Waals surface area contributed by atoms with Crippen LogP contribution in [0.15, 0.2) is 78.0 Å². The summed E-state index contributed by atoms with van der Waals surface area (Å²) < 4.78 is 1.98. The van der Waals surface area contributed by atoms with Gasteiger partial charge in [0.25, 0.3) is 5.91 Å². The number of nitrogens with zero attached hydrogens (tertiary/aromatic N) is 3. The fourth-order valence-electron chi connectivity index (χ4n) is 3.69. The smallest absolute Gasteiger partial charge is 0.305 e. The molecule has 0 unspecified atom stereocenters. The van der Waals surface area contributed by atoms with E-state index in [1.165, 1.54) is 4.90 Å². The monoisotopic (exact) mass is 523 g/mol. The van der Waals surface area contributed by atoms with E-state index in [4.69, 9.17) is 21.2 Å². The minimum atomic E-state index is -0.962. The number of thioether (sulfide) groups is 1. The van der Waals surface area contributed by atoms with Crippen LogP contribution in [-0.4, -0.2) is 38.9 Å². The summed E-state index contributed by atoms with van der Waals surface area (Å²) in [5, 5.41) is 17.5. The number of benzene rings is 3. The Kier molecular flexibility index (Phi) is 8.73. The Balaban J connectivity index is 0.00000361. The van der Waals surface area contributed by atoms with Crippen LogP contribution in [0.4, 0.5) is 5.69 Å². The predicted octanol–water partition coefficient (Wildman–Crippen LogP) is 4.69. The summed E-state index contributed by atoms with van der Waals surface area (Å²) in [5.74, 6) is -0.502. The molecule has 1 heterocycles. The maximum atomic E-state index is 13.3. The third-order valence-electron chi connectivity index (χ3n) is 5.58. The number of carboxylic acid groups (broad SMARTS) is 1. The van der Waals surface area contributed by atoms with E-state index in [1.807, 2.05) is 60.1 Å². The molecule has 0 radical (unpaired) electrons. The SMILES string of the molecule is Cl.Cn1c(SCc2ccc(C(=N)N)cc2)nc2cc(C(=O)N(CCC(=O)O)c3ccccc3)ccc21. The number of nitrogens with one attached hydrogen (secondary N) is 1. The highest BCUT2D eigenvalue weighted by Crippen LogP contribution is 2.27. The number of carboxylic acids is 1. The Morgan fingerprint density at radius 2 is 1.72 bits per heavy atom. The quantitative estimate of drug-likeness (QED) is 0.166. The van der Waals surface area contributed by atoms with E-state index in [0.717, 1.165) is 16.2 Å². The van der Waals surface area contributed by atoms with Crippen molar-refractivity contribution in [3.05, 3.63) is 89.5 Å². The second kappa shape index (κ2) is 11.7. The molecule has 0 saturated carbocycles. The molecular weight excluding hydrogens is 498 g/mol. The summed E-state index contributed by atoms with van der Waals surface area (Å²) in [5.41, 5.74) is 9.97. The van der Waals surface area contributed by atoms with Crippen LogP contribution in [0.1, 0.15) is 27.9 Å². The molecule has 4 aromatic rings. The molecule has 4 rings (SSSR count). The molecule has 0 aliphatic rings. The van der Waals surface area contributed by atoms with E-state index in [-0.39, 0.29) is 37.1 Å². The largest absolute Gasteiger partial charge is 0.481 e. The summed E-state index contributed by atoms with van der Waals surface area (Å²) in [6.45, 7) is 0.0714. The van der Waals surface area contributed by atoms with Crippen LogP contribution in [0.25, 0.3) is 11.0 Å². The van der Waals surface area contributed by atoms with Crippen molar-refractivity contribution in [2.45, 2.75) is 17.3 Å². The maximum Gasteiger partial charge on any atom is 0.305 e. The van der Waals surface area contributed by atoms with Gasteiger partial charge in [-0.1, -0.05) is 54.2 Å². The minimum absolute atomic E-state index is 0. The van der Waals surface area contributed by atoms with Gasteiger partial charge in [-0.15, -0.1) is 12.4 Å². The van der Waals surface area contributed by atoms with E-state index in [1.54, 1.807) is 36.0 Å². The lowest BCUT2D eigenvalue weighted by Gasteiger charge is -2.22. The van der Waals surface area contributed by atoms with Crippen LogP contribution in [0.3, 0.4) is 0 Å². The number of aromatic nitrogens is 2. The number of imidazole rings is 1. The molecule has 0 aliphatic heterocycles. The molecule has 36 heavy (non-hydrogen) atoms. The first-order valence-corrected chi connectivity index (χ1v) is 11.9. The van der Waals surface area contributed by atoms with Gasteiger partial charge in [-0.2, -0.15) is 0 Å². The van der Waals surface area contributed by atoms with E-state index in [0.29, 0.717) is 28.1 Å². The number of rotatable bonds is 9. The highest BCUT2D eigenvalue weighted by atomic mass is 35.5. The second-order valence-electron chi connectivity index (χ2n) is 7.99. The molecule has 1 aromatic heterocycles. The molecule has 0 bridgehead atoms. The van der Waals surface area contributed by atoms with Crippen molar-refractivity contribution in [1.29, 1.82) is 5.41 Å². The lowest BCUT2D eigenvalue weighted by atomic mass is 10.1. The van der Waals surface area contributed by atoms with Crippen molar-refractivity contribution in [1.82, 2.24) is 9.55 Å². The van der Waals surface area contributed by atoms with Gasteiger partial charge >= 0.3 is 5.97 Å². The van der Waals surface area contributed by atoms with Crippen molar-refractivity contribution in [2.24, 2.45) is 12.8 Å². The van der Waals surface area contributed by atoms with Crippen LogP contribution in [0, 0.1) is 5.41 Å². The number of hydrogen-bond donors (Lipinski definition) is 3. The summed E-state index contributed by atoms with van der Waals surface area (Å²) >= 11 is 1.58. The van der Waals surface area contributed by atoms with Gasteiger partial charge < -0.3 is 20.3 Å². The number of nitrogen functional groups attached to an aromatic ring is 1. The van der Waals surface area contributed by atoms with Crippen molar-refractivity contribution in [2.75, 3.05) is 11.4 Å². The highest BCUT2D eigenvalue weighted by molar-refractivity contribution is 7.98. The number of anilines is 1. The molecule has 1 amide bonds. The van der Waals surface area contributed by atoms with Crippen molar-refractivity contribution in [3.63, 3.8) is 0 Å². The number of halogens is 1. The average Bonchev–Trinajstić information content (AvgIpc) is 3.18. The molecule has 8 nitrogen and oxygen atoms in total. The molecule has 186 valence electrons. The molecule has 0 saturated heterocycles. The summed E-state index contributed by atoms with van der Waals surface area (Å²) in [6.07, 6.45) is -0.152. The Morgan fingerprint density at radius 1 is 1.06 bits per heavy atom. The fraction of sp³-hybridized carbons (Fsp3) is 0.154. The second-order valence-corrected chi connectivity index (χ2v) is 8.93. The third-order valence-corrected chi connectivity index (χ3v) is 6.68. The molecule has 0 aliphatic carbocycles. The highest BCUT2D eigenvalue weighted by Gasteiger charge is 2.20. The van der Waals surface area contributed by atoms with E-state index >= 15 is 0 Å². The van der Waals surface area contributed by atoms with Crippen LogP contribution in [0.5, 0.6) is 0 Å². The lowest BCUT2D eigenvalue weighted by molar-refractivity contribution is -0.136. The Morgan fingerprint density at radius 3 is 2.36 bits per heavy atom. The summed E-state index contributed by atoms with van der Waals surface area (Å²) in [4.78, 5) is 30.7. The van der Waals surface area contributed by atoms with Crippen LogP contribution in [-0.2, 0) is 17.6 Å². The van der Waals surface area contributed by atoms with Gasteiger partial charge in [-0.05, 0) is 35.9 Å². The zero-order chi connectivity index (χ0) is 24.9. The number of hydrogen-bond acceptors (Lipinski definition) is 5. The van der Waals surface area contributed by atoms with Gasteiger partial charge in [-0.25, -0.2) is 4.98 Å². The molecule has 3 aromatic carbocycles. The molecule has 10 heteroatoms. The average molecular weight is 524 g/mol. The van der Waals surface area contributed by atoms with Crippen molar-refractivity contribution < 1.29 is 14.7 Å². The van der Waals surface area contributed by atoms with Crippen molar-refractivity contribution >= 4 is 58.6 Å². The topological polar surface area (TPSA) is 125 Å². The molecule has 0 fully saturated rings. The number of carbonyl (C=O) groups excluding carboxylic acids is 1.